The standard InChI is InChI=1S/C35H35F2N3O6/c1-20(2)40-29(16-15-27(41)18-28(42)19-31(44)45)32(22-5-9-24(36)10-6-22)33(23-7-11-25(37)12-8-23)34(40)35(46)39-26-13-3-21(4-14-26)17-30(38)43/h3-16,20,27-28,41-42H,17-19H2,1-2H3,(H2,38,43)(H,39,46)(H,44,45)/b16-15+/t27-,28-/m1/s1. The Morgan fingerprint density at radius 1 is 0.870 bits per heavy atom. The lowest BCUT2D eigenvalue weighted by Gasteiger charge is -2.17. The minimum atomic E-state index is -1.30. The van der Waals surface area contributed by atoms with E-state index < -0.39 is 48.0 Å². The Labute approximate surface area is 264 Å². The van der Waals surface area contributed by atoms with E-state index in [-0.39, 0.29) is 24.6 Å². The van der Waals surface area contributed by atoms with Crippen molar-refractivity contribution in [3.05, 3.63) is 107 Å². The second kappa shape index (κ2) is 14.8. The number of carboxylic acids is 1. The molecule has 4 rings (SSSR count). The van der Waals surface area contributed by atoms with Crippen molar-refractivity contribution in [2.75, 3.05) is 5.32 Å². The number of benzene rings is 3. The van der Waals surface area contributed by atoms with Crippen molar-refractivity contribution in [2.24, 2.45) is 5.73 Å². The Bertz CT molecular complexity index is 1730. The number of aliphatic hydroxyl groups is 2. The van der Waals surface area contributed by atoms with Gasteiger partial charge in [-0.3, -0.25) is 14.4 Å². The van der Waals surface area contributed by atoms with Crippen LogP contribution in [0.1, 0.15) is 54.5 Å². The third kappa shape index (κ3) is 8.32. The van der Waals surface area contributed by atoms with Crippen LogP contribution < -0.4 is 11.1 Å². The summed E-state index contributed by atoms with van der Waals surface area (Å²) in [5, 5.41) is 32.6. The van der Waals surface area contributed by atoms with Crippen LogP contribution in [0.4, 0.5) is 14.5 Å². The first-order valence-corrected chi connectivity index (χ1v) is 14.6. The quantitative estimate of drug-likeness (QED) is 0.130. The molecule has 0 aliphatic carbocycles. The summed E-state index contributed by atoms with van der Waals surface area (Å²) in [5.74, 6) is -3.19. The number of carboxylic acid groups (broad SMARTS) is 1. The zero-order valence-corrected chi connectivity index (χ0v) is 25.3. The van der Waals surface area contributed by atoms with Crippen LogP contribution in [0.3, 0.4) is 0 Å². The maximum Gasteiger partial charge on any atom is 0.305 e. The van der Waals surface area contributed by atoms with Gasteiger partial charge in [-0.2, -0.15) is 0 Å². The molecule has 0 aliphatic heterocycles. The molecule has 1 heterocycles. The molecule has 1 aromatic heterocycles. The predicted octanol–water partition coefficient (Wildman–Crippen LogP) is 5.56. The smallest absolute Gasteiger partial charge is 0.305 e. The summed E-state index contributed by atoms with van der Waals surface area (Å²) >= 11 is 0. The summed E-state index contributed by atoms with van der Waals surface area (Å²) in [6.07, 6.45) is -0.335. The lowest BCUT2D eigenvalue weighted by atomic mass is 9.94. The molecular formula is C35H35F2N3O6. The number of hydrogen-bond donors (Lipinski definition) is 5. The Morgan fingerprint density at radius 2 is 1.41 bits per heavy atom. The largest absolute Gasteiger partial charge is 0.481 e. The van der Waals surface area contributed by atoms with E-state index >= 15 is 0 Å². The fourth-order valence-electron chi connectivity index (χ4n) is 5.28. The third-order valence-corrected chi connectivity index (χ3v) is 7.23. The minimum absolute atomic E-state index is 0.0368. The summed E-state index contributed by atoms with van der Waals surface area (Å²) in [6, 6.07) is 17.5. The zero-order chi connectivity index (χ0) is 33.5. The molecule has 0 spiro atoms. The molecule has 0 fully saturated rings. The second-order valence-electron chi connectivity index (χ2n) is 11.2. The molecule has 3 aromatic carbocycles. The Hall–Kier alpha value is -5.13. The van der Waals surface area contributed by atoms with E-state index in [1.165, 1.54) is 42.5 Å². The summed E-state index contributed by atoms with van der Waals surface area (Å²) in [5.41, 5.74) is 8.99. The van der Waals surface area contributed by atoms with Gasteiger partial charge in [0.05, 0.1) is 25.0 Å². The van der Waals surface area contributed by atoms with Crippen molar-refractivity contribution in [2.45, 2.75) is 51.4 Å². The van der Waals surface area contributed by atoms with E-state index in [0.29, 0.717) is 39.2 Å². The summed E-state index contributed by atoms with van der Waals surface area (Å²) in [7, 11) is 0. The van der Waals surface area contributed by atoms with Gasteiger partial charge in [0.1, 0.15) is 17.3 Å². The number of aromatic nitrogens is 1. The van der Waals surface area contributed by atoms with Gasteiger partial charge in [0, 0.05) is 35.0 Å². The van der Waals surface area contributed by atoms with Crippen molar-refractivity contribution >= 4 is 29.5 Å². The summed E-state index contributed by atoms with van der Waals surface area (Å²) in [4.78, 5) is 36.5. The van der Waals surface area contributed by atoms with Gasteiger partial charge in [-0.05, 0) is 73.0 Å². The van der Waals surface area contributed by atoms with Crippen molar-refractivity contribution in [3.8, 4) is 22.3 Å². The number of primary amides is 1. The van der Waals surface area contributed by atoms with E-state index in [9.17, 15) is 33.4 Å². The molecule has 0 unspecified atom stereocenters. The normalized spacial score (nSPS) is 12.8. The van der Waals surface area contributed by atoms with Gasteiger partial charge in [-0.1, -0.05) is 42.5 Å². The van der Waals surface area contributed by atoms with Crippen LogP contribution in [0, 0.1) is 11.6 Å². The SMILES string of the molecule is CC(C)n1c(/C=C/[C@@H](O)C[C@@H](O)CC(=O)O)c(-c2ccc(F)cc2)c(-c2ccc(F)cc2)c1C(=O)Nc1ccc(CC(N)=O)cc1. The molecule has 6 N–H and O–H groups in total. The molecule has 9 nitrogen and oxygen atoms in total. The third-order valence-electron chi connectivity index (χ3n) is 7.23. The highest BCUT2D eigenvalue weighted by Gasteiger charge is 2.29. The minimum Gasteiger partial charge on any atom is -0.481 e. The van der Waals surface area contributed by atoms with E-state index in [2.05, 4.69) is 5.32 Å². The molecule has 240 valence electrons. The second-order valence-corrected chi connectivity index (χ2v) is 11.2. The van der Waals surface area contributed by atoms with E-state index in [0.717, 1.165) is 0 Å². The van der Waals surface area contributed by atoms with E-state index in [1.54, 1.807) is 47.0 Å². The number of amides is 2. The number of aliphatic carboxylic acids is 1. The lowest BCUT2D eigenvalue weighted by Crippen LogP contribution is -2.20. The summed E-state index contributed by atoms with van der Waals surface area (Å²) in [6.45, 7) is 3.70. The van der Waals surface area contributed by atoms with Crippen molar-refractivity contribution in [1.82, 2.24) is 4.57 Å². The number of anilines is 1. The first-order chi connectivity index (χ1) is 21.8. The predicted molar refractivity (Wildman–Crippen MR) is 171 cm³/mol. The molecule has 46 heavy (non-hydrogen) atoms. The Morgan fingerprint density at radius 3 is 1.91 bits per heavy atom. The number of nitrogens with one attached hydrogen (secondary N) is 1. The number of hydrogen-bond acceptors (Lipinski definition) is 5. The first kappa shape index (κ1) is 33.8. The number of halogens is 2. The molecule has 2 amide bonds. The average Bonchev–Trinajstić information content (AvgIpc) is 3.32. The van der Waals surface area contributed by atoms with E-state index in [1.807, 2.05) is 13.8 Å². The first-order valence-electron chi connectivity index (χ1n) is 14.6. The fraction of sp³-hybridized carbons (Fsp3) is 0.229. The number of aliphatic hydroxyl groups excluding tert-OH is 2. The van der Waals surface area contributed by atoms with Crippen molar-refractivity contribution in [3.63, 3.8) is 0 Å². The van der Waals surface area contributed by atoms with E-state index in [4.69, 9.17) is 10.8 Å². The summed E-state index contributed by atoms with van der Waals surface area (Å²) < 4.78 is 29.9. The molecule has 0 bridgehead atoms. The van der Waals surface area contributed by atoms with Crippen molar-refractivity contribution < 1.29 is 38.5 Å². The number of nitrogens with two attached hydrogens (primary N) is 1. The molecule has 0 saturated heterocycles. The van der Waals surface area contributed by atoms with Gasteiger partial charge in [0.15, 0.2) is 0 Å². The zero-order valence-electron chi connectivity index (χ0n) is 25.3. The molecule has 0 radical (unpaired) electrons. The monoisotopic (exact) mass is 631 g/mol. The maximum absolute atomic E-state index is 14.2. The van der Waals surface area contributed by atoms with Crippen LogP contribution in [0.2, 0.25) is 0 Å². The van der Waals surface area contributed by atoms with Gasteiger partial charge in [-0.25, -0.2) is 8.78 Å². The Kier molecular flexibility index (Phi) is 10.8. The van der Waals surface area contributed by atoms with Crippen LogP contribution in [-0.4, -0.2) is 49.9 Å². The molecule has 0 saturated carbocycles. The number of rotatable bonds is 13. The van der Waals surface area contributed by atoms with Crippen LogP contribution in [0.25, 0.3) is 28.3 Å². The van der Waals surface area contributed by atoms with Gasteiger partial charge >= 0.3 is 5.97 Å². The van der Waals surface area contributed by atoms with Crippen LogP contribution in [-0.2, 0) is 16.0 Å². The van der Waals surface area contributed by atoms with Gasteiger partial charge < -0.3 is 30.9 Å². The van der Waals surface area contributed by atoms with Gasteiger partial charge in [0.2, 0.25) is 5.91 Å². The highest BCUT2D eigenvalue weighted by atomic mass is 19.1. The Balaban J connectivity index is 1.93. The molecule has 2 atom stereocenters. The van der Waals surface area contributed by atoms with Crippen LogP contribution in [0.15, 0.2) is 78.9 Å². The molecule has 4 aromatic rings. The number of carbonyl (C=O) groups excluding carboxylic acids is 2. The van der Waals surface area contributed by atoms with Gasteiger partial charge in [-0.15, -0.1) is 0 Å². The maximum atomic E-state index is 14.2. The topological polar surface area (TPSA) is 155 Å². The number of carbonyl (C=O) groups is 3. The lowest BCUT2D eigenvalue weighted by molar-refractivity contribution is -0.139. The number of nitrogens with zero attached hydrogens (tertiary/aromatic N) is 1. The molecule has 11 heteroatoms. The molecular weight excluding hydrogens is 596 g/mol. The fourth-order valence-corrected chi connectivity index (χ4v) is 5.28. The van der Waals surface area contributed by atoms with Crippen LogP contribution in [0.5, 0.6) is 0 Å². The average molecular weight is 632 g/mol. The van der Waals surface area contributed by atoms with Crippen molar-refractivity contribution in [1.29, 1.82) is 0 Å². The van der Waals surface area contributed by atoms with Crippen LogP contribution >= 0.6 is 0 Å². The molecule has 0 aliphatic rings. The highest BCUT2D eigenvalue weighted by molar-refractivity contribution is 6.12. The van der Waals surface area contributed by atoms with Gasteiger partial charge in [0.25, 0.3) is 5.91 Å². The highest BCUT2D eigenvalue weighted by Crippen LogP contribution is 2.43.